The predicted molar refractivity (Wildman–Crippen MR) is 85.2 cm³/mol. The smallest absolute Gasteiger partial charge is 0.492 e. The normalized spacial score (nSPS) is 11.5. The van der Waals surface area contributed by atoms with E-state index >= 15 is 0 Å². The van der Waals surface area contributed by atoms with Crippen LogP contribution >= 0.6 is 16.5 Å². The van der Waals surface area contributed by atoms with Crippen molar-refractivity contribution in [2.45, 2.75) is 6.92 Å². The molecule has 0 aliphatic heterocycles. The van der Waals surface area contributed by atoms with E-state index in [9.17, 15) is 9.13 Å². The van der Waals surface area contributed by atoms with Crippen LogP contribution in [0.2, 0.25) is 0 Å². The second kappa shape index (κ2) is 8.04. The molecular formula is C14H14O8P2+2. The Kier molecular flexibility index (Phi) is 6.06. The average molecular weight is 372 g/mol. The summed E-state index contributed by atoms with van der Waals surface area (Å²) < 4.78 is 42.2. The first-order chi connectivity index (χ1) is 11.4. The van der Waals surface area contributed by atoms with Gasteiger partial charge in [0.1, 0.15) is 5.75 Å². The minimum atomic E-state index is -2.92. The topological polar surface area (TPSA) is 112 Å². The lowest BCUT2D eigenvalue weighted by Gasteiger charge is -2.10. The number of para-hydroxylation sites is 1. The molecule has 2 rings (SSSR count). The molecule has 0 spiro atoms. The standard InChI is InChI=1S/C14H12O8P2/c1-9-6-10(8-11(7-9)21-23(15)16)20-13-5-3-4-12(19-2)14(13)22-24(17)18/h3-8H,1-2H3/p+2. The van der Waals surface area contributed by atoms with Crippen molar-refractivity contribution >= 4 is 16.5 Å². The Morgan fingerprint density at radius 2 is 1.54 bits per heavy atom. The first kappa shape index (κ1) is 18.1. The van der Waals surface area contributed by atoms with Crippen molar-refractivity contribution in [1.29, 1.82) is 0 Å². The third kappa shape index (κ3) is 4.88. The van der Waals surface area contributed by atoms with Gasteiger partial charge < -0.3 is 9.47 Å². The SMILES string of the molecule is COc1cccc(Oc2cc(C)cc(O[P+](=O)O)c2)c1O[P+](=O)O. The van der Waals surface area contributed by atoms with Gasteiger partial charge in [-0.25, -0.2) is 9.05 Å². The molecule has 2 N–H and O–H groups in total. The maximum Gasteiger partial charge on any atom is 0.747 e. The van der Waals surface area contributed by atoms with Crippen molar-refractivity contribution in [1.82, 2.24) is 0 Å². The van der Waals surface area contributed by atoms with Crippen LogP contribution in [0.1, 0.15) is 5.56 Å². The van der Waals surface area contributed by atoms with E-state index in [1.807, 2.05) is 0 Å². The fourth-order valence-corrected chi connectivity index (χ4v) is 2.57. The number of aryl methyl sites for hydroxylation is 1. The monoisotopic (exact) mass is 372 g/mol. The van der Waals surface area contributed by atoms with E-state index in [1.165, 1.54) is 19.2 Å². The zero-order valence-electron chi connectivity index (χ0n) is 12.7. The highest BCUT2D eigenvalue weighted by molar-refractivity contribution is 7.32. The summed E-state index contributed by atoms with van der Waals surface area (Å²) in [6.07, 6.45) is 0. The molecule has 0 saturated heterocycles. The number of ether oxygens (including phenoxy) is 2. The number of benzene rings is 2. The van der Waals surface area contributed by atoms with Gasteiger partial charge >= 0.3 is 16.5 Å². The van der Waals surface area contributed by atoms with Crippen LogP contribution in [-0.4, -0.2) is 16.9 Å². The Balaban J connectivity index is 2.38. The van der Waals surface area contributed by atoms with Gasteiger partial charge in [0.15, 0.2) is 17.2 Å². The highest BCUT2D eigenvalue weighted by Crippen LogP contribution is 2.43. The van der Waals surface area contributed by atoms with Gasteiger partial charge in [0.25, 0.3) is 5.75 Å². The second-order valence-corrected chi connectivity index (χ2v) is 5.85. The van der Waals surface area contributed by atoms with E-state index in [0.717, 1.165) is 5.56 Å². The van der Waals surface area contributed by atoms with Crippen molar-refractivity contribution in [3.8, 4) is 28.7 Å². The molecule has 0 fully saturated rings. The van der Waals surface area contributed by atoms with Crippen LogP contribution in [-0.2, 0) is 9.13 Å². The number of hydrogen-bond acceptors (Lipinski definition) is 6. The molecule has 8 nitrogen and oxygen atoms in total. The molecule has 0 aromatic heterocycles. The zero-order chi connectivity index (χ0) is 17.7. The van der Waals surface area contributed by atoms with Crippen molar-refractivity contribution in [3.63, 3.8) is 0 Å². The Bertz CT molecular complexity index is 777. The summed E-state index contributed by atoms with van der Waals surface area (Å²) in [7, 11) is -4.35. The van der Waals surface area contributed by atoms with Gasteiger partial charge in [-0.15, -0.1) is 9.79 Å². The van der Waals surface area contributed by atoms with Gasteiger partial charge in [-0.05, 0) is 36.8 Å². The van der Waals surface area contributed by atoms with Crippen LogP contribution in [0.25, 0.3) is 0 Å². The van der Waals surface area contributed by atoms with E-state index in [0.29, 0.717) is 0 Å². The summed E-state index contributed by atoms with van der Waals surface area (Å²) in [6, 6.07) is 9.29. The lowest BCUT2D eigenvalue weighted by atomic mass is 10.2. The largest absolute Gasteiger partial charge is 0.747 e. The van der Waals surface area contributed by atoms with Gasteiger partial charge in [0.2, 0.25) is 0 Å². The van der Waals surface area contributed by atoms with Crippen LogP contribution in [0.5, 0.6) is 28.7 Å². The minimum Gasteiger partial charge on any atom is -0.492 e. The maximum absolute atomic E-state index is 11.0. The molecule has 0 bridgehead atoms. The van der Waals surface area contributed by atoms with E-state index in [2.05, 4.69) is 0 Å². The van der Waals surface area contributed by atoms with E-state index in [1.54, 1.807) is 31.2 Å². The van der Waals surface area contributed by atoms with Gasteiger partial charge in [-0.2, -0.15) is 0 Å². The van der Waals surface area contributed by atoms with Crippen molar-refractivity contribution < 1.29 is 37.4 Å². The predicted octanol–water partition coefficient (Wildman–Crippen LogP) is 3.85. The van der Waals surface area contributed by atoms with E-state index < -0.39 is 16.5 Å². The van der Waals surface area contributed by atoms with Crippen LogP contribution in [0, 0.1) is 6.92 Å². The van der Waals surface area contributed by atoms with Crippen molar-refractivity contribution in [2.75, 3.05) is 7.11 Å². The summed E-state index contributed by atoms with van der Waals surface area (Å²) in [5.41, 5.74) is 0.720. The highest BCUT2D eigenvalue weighted by Gasteiger charge is 2.24. The molecule has 2 unspecified atom stereocenters. The third-order valence-corrected chi connectivity index (χ3v) is 3.47. The Labute approximate surface area is 139 Å². The van der Waals surface area contributed by atoms with Crippen molar-refractivity contribution in [3.05, 3.63) is 42.0 Å². The first-order valence-electron chi connectivity index (χ1n) is 6.54. The Hall–Kier alpha value is -2.24. The van der Waals surface area contributed by atoms with Gasteiger partial charge in [-0.3, -0.25) is 0 Å². The van der Waals surface area contributed by atoms with Crippen LogP contribution in [0.3, 0.4) is 0 Å². The van der Waals surface area contributed by atoms with Crippen LogP contribution in [0.15, 0.2) is 36.4 Å². The molecule has 24 heavy (non-hydrogen) atoms. The summed E-state index contributed by atoms with van der Waals surface area (Å²) in [5, 5.41) is 0. The van der Waals surface area contributed by atoms with Gasteiger partial charge in [0, 0.05) is 15.2 Å². The molecule has 0 aliphatic rings. The minimum absolute atomic E-state index is 0.0409. The summed E-state index contributed by atoms with van der Waals surface area (Å²) >= 11 is 0. The van der Waals surface area contributed by atoms with E-state index in [-0.39, 0.29) is 28.7 Å². The molecule has 0 heterocycles. The first-order valence-corrected chi connectivity index (χ1v) is 8.80. The molecule has 2 aromatic rings. The maximum atomic E-state index is 11.0. The number of methoxy groups -OCH3 is 1. The molecule has 2 aromatic carbocycles. The van der Waals surface area contributed by atoms with E-state index in [4.69, 9.17) is 28.3 Å². The van der Waals surface area contributed by atoms with Crippen LogP contribution in [0.4, 0.5) is 0 Å². The second-order valence-electron chi connectivity index (χ2n) is 4.53. The van der Waals surface area contributed by atoms with Gasteiger partial charge in [-0.1, -0.05) is 6.07 Å². The average Bonchev–Trinajstić information content (AvgIpc) is 2.47. The molecule has 2 atom stereocenters. The molecule has 10 heteroatoms. The summed E-state index contributed by atoms with van der Waals surface area (Å²) in [6.45, 7) is 1.75. The fourth-order valence-electron chi connectivity index (χ4n) is 1.95. The highest BCUT2D eigenvalue weighted by atomic mass is 31.1. The van der Waals surface area contributed by atoms with Gasteiger partial charge in [0.05, 0.1) is 7.11 Å². The molecular weight excluding hydrogens is 358 g/mol. The lowest BCUT2D eigenvalue weighted by molar-refractivity contribution is 0.358. The number of hydrogen-bond donors (Lipinski definition) is 2. The third-order valence-electron chi connectivity index (χ3n) is 2.77. The molecule has 0 radical (unpaired) electrons. The fraction of sp³-hybridized carbons (Fsp3) is 0.143. The lowest BCUT2D eigenvalue weighted by Crippen LogP contribution is -1.94. The Morgan fingerprint density at radius 1 is 0.917 bits per heavy atom. The Morgan fingerprint density at radius 3 is 2.17 bits per heavy atom. The summed E-state index contributed by atoms with van der Waals surface area (Å²) in [4.78, 5) is 17.8. The molecule has 126 valence electrons. The van der Waals surface area contributed by atoms with Crippen LogP contribution < -0.4 is 18.5 Å². The molecule has 0 aliphatic carbocycles. The van der Waals surface area contributed by atoms with Crippen molar-refractivity contribution in [2.24, 2.45) is 0 Å². The summed E-state index contributed by atoms with van der Waals surface area (Å²) in [5.74, 6) is 0.741. The zero-order valence-corrected chi connectivity index (χ0v) is 14.5. The molecule has 0 amide bonds. The molecule has 0 saturated carbocycles. The number of rotatable bonds is 7. The quantitative estimate of drug-likeness (QED) is 0.705.